The highest BCUT2D eigenvalue weighted by atomic mass is 32.2. The Balaban J connectivity index is 1.91. The van der Waals surface area contributed by atoms with Crippen LogP contribution in [0.15, 0.2) is 39.8 Å². The minimum Gasteiger partial charge on any atom is -0.434 e. The summed E-state index contributed by atoms with van der Waals surface area (Å²) < 4.78 is 14.8. The zero-order valence-corrected chi connectivity index (χ0v) is 18.3. The second-order valence-corrected chi connectivity index (χ2v) is 8.84. The van der Waals surface area contributed by atoms with Gasteiger partial charge in [-0.3, -0.25) is 5.32 Å². The number of carbonyl (C=O) groups is 1. The minimum absolute atomic E-state index is 0.218. The fraction of sp³-hybridized carbons (Fsp3) is 0.409. The lowest BCUT2D eigenvalue weighted by atomic mass is 9.93. The Morgan fingerprint density at radius 2 is 2.23 bits per heavy atom. The maximum atomic E-state index is 12.2. The number of rotatable bonds is 6. The van der Waals surface area contributed by atoms with Crippen molar-refractivity contribution >= 4 is 34.1 Å². The van der Waals surface area contributed by atoms with Crippen LogP contribution < -0.4 is 11.1 Å². The molecule has 4 N–H and O–H groups in total. The van der Waals surface area contributed by atoms with Gasteiger partial charge in [0, 0.05) is 5.57 Å². The standard InChI is InChI=1S/C22H29N3O4S/c1-4-28-22(27)29-20-18(12-16-7-9-30(10-8-16)24-13-23)25-21(26)19(20)17-11-14(2)5-6-15(17)3/h5-7,9-11,13,16,18,21,25-26H,4,8,12H2,1-3H3,(H2,23,24). The topological polar surface area (TPSA) is 106 Å². The number of nitrogens with zero attached hydrogens (tertiary/aromatic N) is 1. The van der Waals surface area contributed by atoms with Crippen LogP contribution >= 0.6 is 10.7 Å². The molecule has 1 aromatic carbocycles. The Morgan fingerprint density at radius 1 is 1.43 bits per heavy atom. The predicted molar refractivity (Wildman–Crippen MR) is 122 cm³/mol. The maximum absolute atomic E-state index is 12.2. The van der Waals surface area contributed by atoms with E-state index in [4.69, 9.17) is 15.2 Å². The van der Waals surface area contributed by atoms with Crippen LogP contribution in [0.1, 0.15) is 36.5 Å². The van der Waals surface area contributed by atoms with Gasteiger partial charge in [-0.25, -0.2) is 9.19 Å². The highest BCUT2D eigenvalue weighted by Crippen LogP contribution is 2.36. The van der Waals surface area contributed by atoms with Gasteiger partial charge in [0.1, 0.15) is 12.0 Å². The third kappa shape index (κ3) is 5.19. The van der Waals surface area contributed by atoms with Crippen molar-refractivity contribution in [3.8, 4) is 0 Å². The molecule has 3 rings (SSSR count). The van der Waals surface area contributed by atoms with Crippen LogP contribution in [-0.4, -0.2) is 41.8 Å². The number of allylic oxidation sites excluding steroid dienone is 1. The molecule has 0 aromatic heterocycles. The van der Waals surface area contributed by atoms with Crippen molar-refractivity contribution < 1.29 is 19.4 Å². The van der Waals surface area contributed by atoms with Crippen molar-refractivity contribution in [2.45, 2.75) is 45.9 Å². The number of ether oxygens (including phenoxy) is 2. The zero-order chi connectivity index (χ0) is 21.7. The molecule has 0 fully saturated rings. The summed E-state index contributed by atoms with van der Waals surface area (Å²) in [6.45, 7) is 5.91. The molecule has 162 valence electrons. The summed E-state index contributed by atoms with van der Waals surface area (Å²) in [5.41, 5.74) is 8.89. The molecule has 0 saturated heterocycles. The highest BCUT2D eigenvalue weighted by Gasteiger charge is 2.37. The molecule has 0 aliphatic carbocycles. The number of hydrogen-bond acceptors (Lipinski definition) is 6. The third-order valence-electron chi connectivity index (χ3n) is 5.13. The van der Waals surface area contributed by atoms with Crippen LogP contribution in [0.25, 0.3) is 5.57 Å². The van der Waals surface area contributed by atoms with E-state index in [2.05, 4.69) is 21.2 Å². The number of nitrogens with one attached hydrogen (secondary N) is 1. The molecule has 4 unspecified atom stereocenters. The number of aliphatic hydroxyl groups excluding tert-OH is 1. The molecule has 1 aromatic rings. The molecule has 4 atom stereocenters. The Bertz CT molecular complexity index is 923. The maximum Gasteiger partial charge on any atom is 0.513 e. The lowest BCUT2D eigenvalue weighted by Gasteiger charge is -2.21. The number of hydrogen-bond donors (Lipinski definition) is 3. The normalized spacial score (nSPS) is 26.1. The lowest BCUT2D eigenvalue weighted by molar-refractivity contribution is 0.0768. The monoisotopic (exact) mass is 431 g/mol. The third-order valence-corrected chi connectivity index (χ3v) is 6.47. The van der Waals surface area contributed by atoms with Crippen LogP contribution in [0, 0.1) is 19.8 Å². The minimum atomic E-state index is -0.937. The largest absolute Gasteiger partial charge is 0.513 e. The first-order valence-corrected chi connectivity index (χ1v) is 11.3. The Labute approximate surface area is 179 Å². The zero-order valence-electron chi connectivity index (χ0n) is 17.5. The number of aliphatic hydroxyl groups is 1. The van der Waals surface area contributed by atoms with Gasteiger partial charge >= 0.3 is 6.16 Å². The van der Waals surface area contributed by atoms with Gasteiger partial charge in [-0.05, 0) is 72.1 Å². The first kappa shape index (κ1) is 22.3. The van der Waals surface area contributed by atoms with Crippen molar-refractivity contribution in [2.75, 3.05) is 6.61 Å². The van der Waals surface area contributed by atoms with Gasteiger partial charge in [0.2, 0.25) is 0 Å². The van der Waals surface area contributed by atoms with Crippen molar-refractivity contribution in [3.63, 3.8) is 0 Å². The van der Waals surface area contributed by atoms with E-state index in [0.717, 1.165) is 23.1 Å². The van der Waals surface area contributed by atoms with Crippen molar-refractivity contribution in [2.24, 2.45) is 16.0 Å². The fourth-order valence-corrected chi connectivity index (χ4v) is 4.93. The molecule has 2 heterocycles. The lowest BCUT2D eigenvalue weighted by Crippen LogP contribution is -2.34. The number of carbonyl (C=O) groups excluding carboxylic acids is 1. The summed E-state index contributed by atoms with van der Waals surface area (Å²) in [5.74, 6) is 0.651. The molecular formula is C22H29N3O4S. The second-order valence-electron chi connectivity index (χ2n) is 7.33. The summed E-state index contributed by atoms with van der Waals surface area (Å²) in [6, 6.07) is 5.69. The Morgan fingerprint density at radius 3 is 2.90 bits per heavy atom. The van der Waals surface area contributed by atoms with Gasteiger partial charge in [-0.15, -0.1) is 0 Å². The van der Waals surface area contributed by atoms with Gasteiger partial charge in [-0.2, -0.15) is 0 Å². The second kappa shape index (κ2) is 10.1. The average molecular weight is 432 g/mol. The number of benzene rings is 1. The van der Waals surface area contributed by atoms with Gasteiger partial charge in [0.15, 0.2) is 0 Å². The van der Waals surface area contributed by atoms with Crippen molar-refractivity contribution in [1.82, 2.24) is 5.32 Å². The molecule has 2 aliphatic heterocycles. The fourth-order valence-electron chi connectivity index (χ4n) is 3.69. The van der Waals surface area contributed by atoms with Crippen molar-refractivity contribution in [1.29, 1.82) is 0 Å². The first-order valence-electron chi connectivity index (χ1n) is 10.0. The molecule has 0 bridgehead atoms. The van der Waals surface area contributed by atoms with Gasteiger partial charge < -0.3 is 20.3 Å². The van der Waals surface area contributed by atoms with Crippen molar-refractivity contribution in [3.05, 3.63) is 52.1 Å². The SMILES string of the molecule is CCOC(=O)OC1=C(c2cc(C)ccc2C)C(O)NC1CC1C=CS(N=CN)=CC1. The summed E-state index contributed by atoms with van der Waals surface area (Å²) >= 11 is 0. The van der Waals surface area contributed by atoms with Gasteiger partial charge in [0.05, 0.1) is 19.0 Å². The molecule has 7 nitrogen and oxygen atoms in total. The summed E-state index contributed by atoms with van der Waals surface area (Å²) in [5, 5.41) is 18.2. The average Bonchev–Trinajstić information content (AvgIpc) is 3.00. The van der Waals surface area contributed by atoms with Gasteiger partial charge in [0.25, 0.3) is 0 Å². The highest BCUT2D eigenvalue weighted by molar-refractivity contribution is 8.16. The molecule has 0 saturated carbocycles. The molecule has 8 heteroatoms. The molecule has 0 amide bonds. The number of aryl methyl sites for hydroxylation is 2. The van der Waals surface area contributed by atoms with Crippen LogP contribution in [0.2, 0.25) is 0 Å². The Kier molecular flexibility index (Phi) is 7.47. The smallest absolute Gasteiger partial charge is 0.434 e. The van der Waals surface area contributed by atoms with E-state index in [1.165, 1.54) is 6.34 Å². The Hall–Kier alpha value is -2.42. The molecule has 2 aliphatic rings. The summed E-state index contributed by atoms with van der Waals surface area (Å²) in [7, 11) is -0.287. The van der Waals surface area contributed by atoms with E-state index in [1.807, 2.05) is 37.5 Å². The molecule has 30 heavy (non-hydrogen) atoms. The van der Waals surface area contributed by atoms with E-state index in [1.54, 1.807) is 6.92 Å². The quantitative estimate of drug-likeness (QED) is 0.276. The van der Waals surface area contributed by atoms with E-state index < -0.39 is 12.4 Å². The van der Waals surface area contributed by atoms with E-state index in [0.29, 0.717) is 17.8 Å². The molecule has 0 spiro atoms. The first-order chi connectivity index (χ1) is 14.4. The van der Waals surface area contributed by atoms with Crippen LogP contribution in [-0.2, 0) is 9.47 Å². The van der Waals surface area contributed by atoms with E-state index in [9.17, 15) is 9.90 Å². The predicted octanol–water partition coefficient (Wildman–Crippen LogP) is 3.37. The van der Waals surface area contributed by atoms with Crippen LogP contribution in [0.4, 0.5) is 4.79 Å². The van der Waals surface area contributed by atoms with Crippen LogP contribution in [0.3, 0.4) is 0 Å². The van der Waals surface area contributed by atoms with Crippen LogP contribution in [0.5, 0.6) is 0 Å². The molecular weight excluding hydrogens is 402 g/mol. The van der Waals surface area contributed by atoms with E-state index >= 15 is 0 Å². The summed E-state index contributed by atoms with van der Waals surface area (Å²) in [4.78, 5) is 12.2. The molecule has 0 radical (unpaired) electrons. The summed E-state index contributed by atoms with van der Waals surface area (Å²) in [6.07, 6.45) is 3.23. The van der Waals surface area contributed by atoms with Gasteiger partial charge in [-0.1, -0.05) is 29.8 Å². The number of nitrogens with two attached hydrogens (primary N) is 1. The van der Waals surface area contributed by atoms with E-state index in [-0.39, 0.29) is 29.2 Å².